The maximum atomic E-state index is 12.4. The lowest BCUT2D eigenvalue weighted by molar-refractivity contribution is 0.0929. The zero-order chi connectivity index (χ0) is 20.4. The molecule has 1 amide bonds. The number of hydrogen-bond acceptors (Lipinski definition) is 4. The predicted octanol–water partition coefficient (Wildman–Crippen LogP) is 5.07. The van der Waals surface area contributed by atoms with Gasteiger partial charge in [0, 0.05) is 33.0 Å². The molecule has 0 fully saturated rings. The molecule has 146 valence electrons. The molecule has 0 spiro atoms. The first-order valence-corrected chi connectivity index (χ1v) is 9.69. The highest BCUT2D eigenvalue weighted by molar-refractivity contribution is 9.10. The van der Waals surface area contributed by atoms with Gasteiger partial charge in [0.15, 0.2) is 17.1 Å². The van der Waals surface area contributed by atoms with E-state index >= 15 is 0 Å². The minimum absolute atomic E-state index is 0.159. The van der Waals surface area contributed by atoms with Gasteiger partial charge in [-0.1, -0.05) is 34.1 Å². The van der Waals surface area contributed by atoms with Crippen LogP contribution in [0.25, 0.3) is 16.7 Å². The van der Waals surface area contributed by atoms with Gasteiger partial charge in [-0.15, -0.1) is 0 Å². The first kappa shape index (κ1) is 19.0. The van der Waals surface area contributed by atoms with E-state index in [0.717, 1.165) is 26.8 Å². The number of aromatic nitrogens is 1. The summed E-state index contributed by atoms with van der Waals surface area (Å²) < 4.78 is 13.9. The van der Waals surface area contributed by atoms with Crippen molar-refractivity contribution in [3.8, 4) is 11.4 Å². The molecule has 0 aliphatic rings. The van der Waals surface area contributed by atoms with Crippen molar-refractivity contribution < 1.29 is 13.9 Å². The quantitative estimate of drug-likeness (QED) is 0.340. The highest BCUT2D eigenvalue weighted by Crippen LogP contribution is 2.32. The molecule has 0 unspecified atom stereocenters. The number of fused-ring (bicyclic) bond motifs is 1. The fraction of sp³-hybridized carbons (Fsp3) is 0.0909. The van der Waals surface area contributed by atoms with Crippen molar-refractivity contribution in [3.05, 3.63) is 82.3 Å². The Bertz CT molecular complexity index is 1210. The molecule has 2 aromatic heterocycles. The SMILES string of the molecule is COc1cc(Br)cc2cc(C(=O)N/N=C\c3cc(C)n(-c4ccccc4)c3)oc12. The van der Waals surface area contributed by atoms with Gasteiger partial charge in [0.2, 0.25) is 0 Å². The number of hydrazone groups is 1. The van der Waals surface area contributed by atoms with Crippen molar-refractivity contribution in [2.24, 2.45) is 5.10 Å². The van der Waals surface area contributed by atoms with Gasteiger partial charge in [0.05, 0.1) is 13.3 Å². The smallest absolute Gasteiger partial charge is 0.307 e. The summed E-state index contributed by atoms with van der Waals surface area (Å²) in [7, 11) is 1.55. The van der Waals surface area contributed by atoms with E-state index in [4.69, 9.17) is 9.15 Å². The summed E-state index contributed by atoms with van der Waals surface area (Å²) in [5.74, 6) is 0.274. The molecule has 0 saturated heterocycles. The Hall–Kier alpha value is -3.32. The first-order valence-electron chi connectivity index (χ1n) is 8.90. The normalized spacial score (nSPS) is 11.3. The minimum atomic E-state index is -0.435. The third-order valence-electron chi connectivity index (χ3n) is 4.44. The number of ether oxygens (including phenoxy) is 1. The fourth-order valence-electron chi connectivity index (χ4n) is 3.11. The summed E-state index contributed by atoms with van der Waals surface area (Å²) in [5, 5.41) is 4.82. The molecule has 6 nitrogen and oxygen atoms in total. The van der Waals surface area contributed by atoms with Gasteiger partial charge in [-0.05, 0) is 43.3 Å². The Labute approximate surface area is 175 Å². The summed E-state index contributed by atoms with van der Waals surface area (Å²) in [6.45, 7) is 2.02. The summed E-state index contributed by atoms with van der Waals surface area (Å²) in [6.07, 6.45) is 3.56. The highest BCUT2D eigenvalue weighted by Gasteiger charge is 2.15. The molecular weight excluding hydrogens is 434 g/mol. The van der Waals surface area contributed by atoms with Gasteiger partial charge < -0.3 is 13.7 Å². The van der Waals surface area contributed by atoms with Crippen LogP contribution in [0.5, 0.6) is 5.75 Å². The molecule has 1 N–H and O–H groups in total. The number of carbonyl (C=O) groups excluding carboxylic acids is 1. The standard InChI is InChI=1S/C22H18BrN3O3/c1-14-8-15(13-26(14)18-6-4-3-5-7-18)12-24-25-22(27)20-10-16-9-17(23)11-19(28-2)21(16)29-20/h3-13H,1-2H3,(H,25,27)/b24-12-. The Kier molecular flexibility index (Phi) is 5.22. The molecule has 0 aliphatic heterocycles. The Morgan fingerprint density at radius 3 is 2.76 bits per heavy atom. The Morgan fingerprint density at radius 1 is 1.21 bits per heavy atom. The topological polar surface area (TPSA) is 68.8 Å². The van der Waals surface area contributed by atoms with Crippen LogP contribution in [-0.4, -0.2) is 23.8 Å². The maximum Gasteiger partial charge on any atom is 0.307 e. The molecule has 7 heteroatoms. The number of nitrogens with one attached hydrogen (secondary N) is 1. The molecular formula is C22H18BrN3O3. The number of hydrogen-bond donors (Lipinski definition) is 1. The van der Waals surface area contributed by atoms with Crippen LogP contribution < -0.4 is 10.2 Å². The minimum Gasteiger partial charge on any atom is -0.493 e. The molecule has 0 atom stereocenters. The zero-order valence-corrected chi connectivity index (χ0v) is 17.4. The fourth-order valence-corrected chi connectivity index (χ4v) is 3.56. The van der Waals surface area contributed by atoms with Gasteiger partial charge in [0.1, 0.15) is 0 Å². The number of methoxy groups -OCH3 is 1. The number of amides is 1. The number of nitrogens with zero attached hydrogens (tertiary/aromatic N) is 2. The van der Waals surface area contributed by atoms with Crippen LogP contribution >= 0.6 is 15.9 Å². The van der Waals surface area contributed by atoms with Crippen LogP contribution in [0.2, 0.25) is 0 Å². The molecule has 2 aromatic carbocycles. The number of para-hydroxylation sites is 1. The molecule has 0 bridgehead atoms. The number of furan rings is 1. The van der Waals surface area contributed by atoms with Gasteiger partial charge in [-0.3, -0.25) is 4.79 Å². The molecule has 29 heavy (non-hydrogen) atoms. The van der Waals surface area contributed by atoms with E-state index in [2.05, 4.69) is 31.0 Å². The van der Waals surface area contributed by atoms with Crippen LogP contribution in [0.1, 0.15) is 21.8 Å². The Balaban J connectivity index is 1.50. The van der Waals surface area contributed by atoms with E-state index < -0.39 is 5.91 Å². The maximum absolute atomic E-state index is 12.4. The van der Waals surface area contributed by atoms with Crippen LogP contribution in [0, 0.1) is 6.92 Å². The average molecular weight is 452 g/mol. The van der Waals surface area contributed by atoms with Crippen molar-refractivity contribution in [3.63, 3.8) is 0 Å². The monoisotopic (exact) mass is 451 g/mol. The van der Waals surface area contributed by atoms with Gasteiger partial charge in [-0.25, -0.2) is 5.43 Å². The second-order valence-corrected chi connectivity index (χ2v) is 7.37. The summed E-state index contributed by atoms with van der Waals surface area (Å²) in [4.78, 5) is 12.4. The molecule has 2 heterocycles. The summed E-state index contributed by atoms with van der Waals surface area (Å²) in [6, 6.07) is 17.3. The third kappa shape index (κ3) is 3.95. The Morgan fingerprint density at radius 2 is 2.00 bits per heavy atom. The average Bonchev–Trinajstić information content (AvgIpc) is 3.31. The first-order chi connectivity index (χ1) is 14.0. The largest absolute Gasteiger partial charge is 0.493 e. The van der Waals surface area contributed by atoms with Gasteiger partial charge >= 0.3 is 5.91 Å². The second-order valence-electron chi connectivity index (χ2n) is 6.46. The van der Waals surface area contributed by atoms with Crippen LogP contribution in [-0.2, 0) is 0 Å². The molecule has 0 aliphatic carbocycles. The highest BCUT2D eigenvalue weighted by atomic mass is 79.9. The lowest BCUT2D eigenvalue weighted by Crippen LogP contribution is -2.16. The van der Waals surface area contributed by atoms with Gasteiger partial charge in [0.25, 0.3) is 0 Å². The predicted molar refractivity (Wildman–Crippen MR) is 116 cm³/mol. The zero-order valence-electron chi connectivity index (χ0n) is 15.8. The molecule has 0 radical (unpaired) electrons. The number of rotatable bonds is 5. The van der Waals surface area contributed by atoms with E-state index in [-0.39, 0.29) is 5.76 Å². The van der Waals surface area contributed by atoms with Crippen LogP contribution in [0.4, 0.5) is 0 Å². The number of benzene rings is 2. The van der Waals surface area contributed by atoms with Crippen molar-refractivity contribution in [1.82, 2.24) is 9.99 Å². The summed E-state index contributed by atoms with van der Waals surface area (Å²) in [5.41, 5.74) is 6.03. The number of halogens is 1. The second kappa shape index (κ2) is 7.97. The summed E-state index contributed by atoms with van der Waals surface area (Å²) >= 11 is 3.42. The van der Waals surface area contributed by atoms with E-state index in [1.165, 1.54) is 0 Å². The van der Waals surface area contributed by atoms with E-state index in [9.17, 15) is 4.79 Å². The lowest BCUT2D eigenvalue weighted by Gasteiger charge is -2.04. The molecule has 4 rings (SSSR count). The van der Waals surface area contributed by atoms with Crippen LogP contribution in [0.15, 0.2) is 74.8 Å². The van der Waals surface area contributed by atoms with Crippen molar-refractivity contribution in [2.45, 2.75) is 6.92 Å². The number of aryl methyl sites for hydroxylation is 1. The molecule has 4 aromatic rings. The van der Waals surface area contributed by atoms with Gasteiger partial charge in [-0.2, -0.15) is 5.10 Å². The lowest BCUT2D eigenvalue weighted by atomic mass is 10.2. The van der Waals surface area contributed by atoms with Crippen molar-refractivity contribution in [1.29, 1.82) is 0 Å². The van der Waals surface area contributed by atoms with Crippen molar-refractivity contribution >= 4 is 39.0 Å². The van der Waals surface area contributed by atoms with Crippen molar-refractivity contribution in [2.75, 3.05) is 7.11 Å². The van der Waals surface area contributed by atoms with E-state index in [1.54, 1.807) is 25.5 Å². The number of carbonyl (C=O) groups is 1. The molecule has 0 saturated carbocycles. The van der Waals surface area contributed by atoms with Crippen LogP contribution in [0.3, 0.4) is 0 Å². The third-order valence-corrected chi connectivity index (χ3v) is 4.90. The van der Waals surface area contributed by atoms with E-state index in [1.807, 2.05) is 55.6 Å². The van der Waals surface area contributed by atoms with E-state index in [0.29, 0.717) is 11.3 Å².